The van der Waals surface area contributed by atoms with Gasteiger partial charge in [0, 0.05) is 36.3 Å². The molecule has 21 heavy (non-hydrogen) atoms. The molecule has 0 unspecified atom stereocenters. The summed E-state index contributed by atoms with van der Waals surface area (Å²) >= 11 is 3.71. The Morgan fingerprint density at radius 3 is 2.43 bits per heavy atom. The molecule has 0 heterocycles. The van der Waals surface area contributed by atoms with Crippen molar-refractivity contribution >= 4 is 21.6 Å². The Bertz CT molecular complexity index is 418. The number of likely N-dealkylation sites (N-methyl/N-ethyl adjacent to an activating group) is 1. The highest BCUT2D eigenvalue weighted by atomic mass is 79.9. The van der Waals surface area contributed by atoms with Crippen molar-refractivity contribution in [3.05, 3.63) is 28.2 Å². The van der Waals surface area contributed by atoms with Crippen LogP contribution in [0.4, 0.5) is 5.69 Å². The van der Waals surface area contributed by atoms with Crippen LogP contribution >= 0.6 is 15.9 Å². The molecule has 0 spiro atoms. The third-order valence-corrected chi connectivity index (χ3v) is 4.11. The van der Waals surface area contributed by atoms with E-state index in [0.29, 0.717) is 5.92 Å². The molecule has 0 aromatic heterocycles. The van der Waals surface area contributed by atoms with Gasteiger partial charge in [0.1, 0.15) is 0 Å². The van der Waals surface area contributed by atoms with E-state index in [1.165, 1.54) is 15.7 Å². The third kappa shape index (κ3) is 6.81. The van der Waals surface area contributed by atoms with Crippen LogP contribution in [0.3, 0.4) is 0 Å². The van der Waals surface area contributed by atoms with E-state index in [-0.39, 0.29) is 0 Å². The SMILES string of the molecule is CCNCc1ccc(N(CCN(C)C)CC(C)C)cc1Br. The fourth-order valence-electron chi connectivity index (χ4n) is 2.22. The molecular weight excluding hydrogens is 326 g/mol. The van der Waals surface area contributed by atoms with Crippen LogP contribution in [-0.2, 0) is 6.54 Å². The Morgan fingerprint density at radius 2 is 1.90 bits per heavy atom. The number of nitrogens with one attached hydrogen (secondary N) is 1. The van der Waals surface area contributed by atoms with Crippen LogP contribution in [0.5, 0.6) is 0 Å². The van der Waals surface area contributed by atoms with Crippen molar-refractivity contribution in [3.63, 3.8) is 0 Å². The highest BCUT2D eigenvalue weighted by Crippen LogP contribution is 2.25. The summed E-state index contributed by atoms with van der Waals surface area (Å²) in [6.45, 7) is 11.8. The van der Waals surface area contributed by atoms with Gasteiger partial charge < -0.3 is 15.1 Å². The second kappa shape index (κ2) is 9.44. The fourth-order valence-corrected chi connectivity index (χ4v) is 2.73. The first-order valence-electron chi connectivity index (χ1n) is 7.82. The topological polar surface area (TPSA) is 18.5 Å². The molecule has 0 saturated heterocycles. The Kier molecular flexibility index (Phi) is 8.30. The molecule has 0 aliphatic heterocycles. The van der Waals surface area contributed by atoms with Crippen LogP contribution < -0.4 is 10.2 Å². The quantitative estimate of drug-likeness (QED) is 0.730. The molecule has 0 aliphatic rings. The van der Waals surface area contributed by atoms with Crippen LogP contribution in [0.2, 0.25) is 0 Å². The molecular formula is C17H30BrN3. The Hall–Kier alpha value is -0.580. The molecule has 0 fully saturated rings. The Labute approximate surface area is 138 Å². The van der Waals surface area contributed by atoms with E-state index in [1.807, 2.05) is 0 Å². The molecule has 1 N–H and O–H groups in total. The largest absolute Gasteiger partial charge is 0.370 e. The van der Waals surface area contributed by atoms with Gasteiger partial charge in [-0.3, -0.25) is 0 Å². The van der Waals surface area contributed by atoms with Crippen molar-refractivity contribution in [1.29, 1.82) is 0 Å². The van der Waals surface area contributed by atoms with E-state index >= 15 is 0 Å². The first-order chi connectivity index (χ1) is 9.93. The Morgan fingerprint density at radius 1 is 1.19 bits per heavy atom. The number of anilines is 1. The maximum absolute atomic E-state index is 3.71. The first-order valence-corrected chi connectivity index (χ1v) is 8.62. The standard InChI is InChI=1S/C17H30BrN3/c1-6-19-12-15-7-8-16(11-17(15)18)21(13-14(2)3)10-9-20(4)5/h7-8,11,14,19H,6,9-10,12-13H2,1-5H3. The molecule has 1 aromatic rings. The summed E-state index contributed by atoms with van der Waals surface area (Å²) in [5.74, 6) is 0.660. The number of halogens is 1. The zero-order chi connectivity index (χ0) is 15.8. The zero-order valence-corrected chi connectivity index (χ0v) is 15.7. The molecule has 0 radical (unpaired) electrons. The average molecular weight is 356 g/mol. The summed E-state index contributed by atoms with van der Waals surface area (Å²) in [6.07, 6.45) is 0. The highest BCUT2D eigenvalue weighted by Gasteiger charge is 2.11. The lowest BCUT2D eigenvalue weighted by Gasteiger charge is -2.28. The van der Waals surface area contributed by atoms with Crippen molar-refractivity contribution in [2.75, 3.05) is 45.2 Å². The van der Waals surface area contributed by atoms with Gasteiger partial charge >= 0.3 is 0 Å². The number of hydrogen-bond acceptors (Lipinski definition) is 3. The Balaban J connectivity index is 2.83. The van der Waals surface area contributed by atoms with Crippen LogP contribution in [0.25, 0.3) is 0 Å². The minimum Gasteiger partial charge on any atom is -0.370 e. The second-order valence-corrected chi connectivity index (χ2v) is 7.05. The van der Waals surface area contributed by atoms with Crippen LogP contribution in [0, 0.1) is 5.92 Å². The molecule has 0 saturated carbocycles. The summed E-state index contributed by atoms with van der Waals surface area (Å²) in [5, 5.41) is 3.38. The molecule has 4 heteroatoms. The zero-order valence-electron chi connectivity index (χ0n) is 14.1. The maximum atomic E-state index is 3.71. The van der Waals surface area contributed by atoms with E-state index in [0.717, 1.165) is 32.7 Å². The maximum Gasteiger partial charge on any atom is 0.0378 e. The number of rotatable bonds is 9. The molecule has 0 amide bonds. The van der Waals surface area contributed by atoms with Gasteiger partial charge in [-0.25, -0.2) is 0 Å². The van der Waals surface area contributed by atoms with Crippen molar-refractivity contribution in [3.8, 4) is 0 Å². The van der Waals surface area contributed by atoms with Gasteiger partial charge in [-0.15, -0.1) is 0 Å². The van der Waals surface area contributed by atoms with E-state index in [9.17, 15) is 0 Å². The lowest BCUT2D eigenvalue weighted by Crippen LogP contribution is -2.34. The van der Waals surface area contributed by atoms with Crippen molar-refractivity contribution in [2.24, 2.45) is 5.92 Å². The minimum absolute atomic E-state index is 0.660. The second-order valence-electron chi connectivity index (χ2n) is 6.20. The van der Waals surface area contributed by atoms with E-state index < -0.39 is 0 Å². The number of nitrogens with zero attached hydrogens (tertiary/aromatic N) is 2. The van der Waals surface area contributed by atoms with Gasteiger partial charge in [0.2, 0.25) is 0 Å². The summed E-state index contributed by atoms with van der Waals surface area (Å²) in [7, 11) is 4.26. The summed E-state index contributed by atoms with van der Waals surface area (Å²) in [5.41, 5.74) is 2.62. The molecule has 1 rings (SSSR count). The van der Waals surface area contributed by atoms with Crippen molar-refractivity contribution in [2.45, 2.75) is 27.3 Å². The van der Waals surface area contributed by atoms with E-state index in [4.69, 9.17) is 0 Å². The first kappa shape index (κ1) is 18.5. The van der Waals surface area contributed by atoms with Crippen molar-refractivity contribution in [1.82, 2.24) is 10.2 Å². The minimum atomic E-state index is 0.660. The van der Waals surface area contributed by atoms with Gasteiger partial charge in [-0.2, -0.15) is 0 Å². The molecule has 1 aromatic carbocycles. The lowest BCUT2D eigenvalue weighted by molar-refractivity contribution is 0.409. The third-order valence-electron chi connectivity index (χ3n) is 3.37. The van der Waals surface area contributed by atoms with Crippen LogP contribution in [0.15, 0.2) is 22.7 Å². The predicted octanol–water partition coefficient (Wildman–Crippen LogP) is 3.58. The summed E-state index contributed by atoms with van der Waals surface area (Å²) in [6, 6.07) is 6.73. The van der Waals surface area contributed by atoms with Crippen LogP contribution in [-0.4, -0.2) is 45.2 Å². The monoisotopic (exact) mass is 355 g/mol. The molecule has 0 atom stereocenters. The smallest absolute Gasteiger partial charge is 0.0378 e. The molecule has 3 nitrogen and oxygen atoms in total. The van der Waals surface area contributed by atoms with Crippen molar-refractivity contribution < 1.29 is 0 Å². The van der Waals surface area contributed by atoms with Gasteiger partial charge in [0.05, 0.1) is 0 Å². The van der Waals surface area contributed by atoms with E-state index in [2.05, 4.69) is 84.1 Å². The summed E-state index contributed by atoms with van der Waals surface area (Å²) in [4.78, 5) is 4.72. The average Bonchev–Trinajstić information content (AvgIpc) is 2.41. The highest BCUT2D eigenvalue weighted by molar-refractivity contribution is 9.10. The summed E-state index contributed by atoms with van der Waals surface area (Å²) < 4.78 is 1.19. The number of benzene rings is 1. The number of hydrogen-bond donors (Lipinski definition) is 1. The molecule has 0 bridgehead atoms. The van der Waals surface area contributed by atoms with Gasteiger partial charge in [0.15, 0.2) is 0 Å². The van der Waals surface area contributed by atoms with Gasteiger partial charge in [-0.1, -0.05) is 42.8 Å². The predicted molar refractivity (Wildman–Crippen MR) is 97.1 cm³/mol. The van der Waals surface area contributed by atoms with Crippen LogP contribution in [0.1, 0.15) is 26.3 Å². The normalized spacial score (nSPS) is 11.4. The van der Waals surface area contributed by atoms with Gasteiger partial charge in [-0.05, 0) is 44.3 Å². The van der Waals surface area contributed by atoms with E-state index in [1.54, 1.807) is 0 Å². The lowest BCUT2D eigenvalue weighted by atomic mass is 10.1. The fraction of sp³-hybridized carbons (Fsp3) is 0.647. The molecule has 120 valence electrons. The molecule has 0 aliphatic carbocycles. The van der Waals surface area contributed by atoms with Gasteiger partial charge in [0.25, 0.3) is 0 Å².